The lowest BCUT2D eigenvalue weighted by atomic mass is 9.92. The van der Waals surface area contributed by atoms with Gasteiger partial charge in [-0.3, -0.25) is 0 Å². The van der Waals surface area contributed by atoms with Gasteiger partial charge in [0.1, 0.15) is 11.6 Å². The maximum Gasteiger partial charge on any atom is 0.201 e. The van der Waals surface area contributed by atoms with Gasteiger partial charge in [-0.2, -0.15) is 8.78 Å². The average Bonchev–Trinajstić information content (AvgIpc) is 3.28. The Kier molecular flexibility index (Phi) is 17.3. The second kappa shape index (κ2) is 23.3. The van der Waals surface area contributed by atoms with Crippen LogP contribution in [0.2, 0.25) is 0 Å². The number of halogens is 6. The van der Waals surface area contributed by atoms with E-state index in [2.05, 4.69) is 6.92 Å². The quantitative estimate of drug-likeness (QED) is 0.0472. The van der Waals surface area contributed by atoms with Gasteiger partial charge in [-0.15, -0.1) is 0 Å². The topological polar surface area (TPSA) is 18.5 Å². The molecular weight excluding hydrogens is 807 g/mol. The van der Waals surface area contributed by atoms with E-state index in [9.17, 15) is 8.78 Å². The smallest absolute Gasteiger partial charge is 0.201 e. The predicted octanol–water partition coefficient (Wildman–Crippen LogP) is 17.0. The number of unbranched alkanes of at least 4 members (excludes halogenated alkanes) is 8. The standard InChI is InChI=1S/C55H58F6O2/c1-4-39(15-11-7-5-9-13-33-62-50-31-29-46(52(58)54(50)60)44-27-25-42(35-48(44)56)40-21-17-37(2)18-22-40)16-12-8-6-10-14-34-63-51-32-30-47(53(59)55(51)61)45-28-26-43(36-49(45)57)41-23-19-38(3)20-24-41/h17-32,35-36,39H,4-16,33-34H2,1-3H3. The number of aryl methyl sites for hydroxylation is 2. The lowest BCUT2D eigenvalue weighted by Crippen LogP contribution is -2.03. The lowest BCUT2D eigenvalue weighted by molar-refractivity contribution is 0.284. The Bertz CT molecular complexity index is 2230. The van der Waals surface area contributed by atoms with Crippen LogP contribution in [0.15, 0.2) is 109 Å². The summed E-state index contributed by atoms with van der Waals surface area (Å²) >= 11 is 0. The van der Waals surface area contributed by atoms with Gasteiger partial charge in [0.2, 0.25) is 11.6 Å². The maximum atomic E-state index is 15.1. The van der Waals surface area contributed by atoms with Crippen LogP contribution in [-0.4, -0.2) is 13.2 Å². The number of ether oxygens (including phenoxy) is 2. The van der Waals surface area contributed by atoms with Crippen molar-refractivity contribution in [2.45, 2.75) is 104 Å². The SMILES string of the molecule is CCC(CCCCCCCOc1ccc(-c2ccc(-c3ccc(C)cc3)cc2F)c(F)c1F)CCCCCCCOc1ccc(-c2ccc(-c3ccc(C)cc3)cc2F)c(F)c1F. The molecule has 0 spiro atoms. The van der Waals surface area contributed by atoms with Crippen molar-refractivity contribution >= 4 is 0 Å². The molecule has 6 aromatic rings. The third kappa shape index (κ3) is 12.8. The molecule has 0 amide bonds. The van der Waals surface area contributed by atoms with E-state index in [-0.39, 0.29) is 47.0 Å². The molecule has 63 heavy (non-hydrogen) atoms. The van der Waals surface area contributed by atoms with Crippen molar-refractivity contribution in [1.29, 1.82) is 0 Å². The summed E-state index contributed by atoms with van der Waals surface area (Å²) in [6.07, 6.45) is 13.4. The van der Waals surface area contributed by atoms with Gasteiger partial charge in [-0.25, -0.2) is 17.6 Å². The molecule has 0 unspecified atom stereocenters. The van der Waals surface area contributed by atoms with Crippen molar-refractivity contribution in [3.8, 4) is 56.0 Å². The minimum absolute atomic E-state index is 0.00520. The Morgan fingerprint density at radius 1 is 0.381 bits per heavy atom. The first kappa shape index (κ1) is 47.0. The van der Waals surface area contributed by atoms with E-state index in [4.69, 9.17) is 9.47 Å². The van der Waals surface area contributed by atoms with Gasteiger partial charge >= 0.3 is 0 Å². The Balaban J connectivity index is 0.811. The summed E-state index contributed by atoms with van der Waals surface area (Å²) in [6, 6.07) is 29.8. The molecule has 0 heterocycles. The fourth-order valence-corrected chi connectivity index (χ4v) is 8.07. The van der Waals surface area contributed by atoms with Crippen LogP contribution in [0.4, 0.5) is 26.3 Å². The van der Waals surface area contributed by atoms with Crippen molar-refractivity contribution in [2.24, 2.45) is 5.92 Å². The molecule has 0 saturated carbocycles. The molecule has 0 radical (unpaired) electrons. The fraction of sp³-hybridized carbons (Fsp3) is 0.345. The minimum Gasteiger partial charge on any atom is -0.490 e. The van der Waals surface area contributed by atoms with Crippen LogP contribution in [0, 0.1) is 54.7 Å². The summed E-state index contributed by atoms with van der Waals surface area (Å²) in [6.45, 7) is 6.72. The van der Waals surface area contributed by atoms with Crippen LogP contribution in [-0.2, 0) is 0 Å². The largest absolute Gasteiger partial charge is 0.490 e. The third-order valence-electron chi connectivity index (χ3n) is 12.0. The van der Waals surface area contributed by atoms with Crippen LogP contribution in [0.5, 0.6) is 11.5 Å². The van der Waals surface area contributed by atoms with E-state index in [0.717, 1.165) is 92.9 Å². The molecule has 0 aromatic heterocycles. The molecule has 0 fully saturated rings. The van der Waals surface area contributed by atoms with Gasteiger partial charge in [0.05, 0.1) is 13.2 Å². The third-order valence-corrected chi connectivity index (χ3v) is 12.0. The number of hydrogen-bond donors (Lipinski definition) is 0. The van der Waals surface area contributed by atoms with Crippen molar-refractivity contribution in [1.82, 2.24) is 0 Å². The zero-order valence-corrected chi connectivity index (χ0v) is 36.7. The average molecular weight is 865 g/mol. The minimum atomic E-state index is -1.13. The Morgan fingerprint density at radius 3 is 1.11 bits per heavy atom. The first-order chi connectivity index (χ1) is 30.5. The molecule has 0 saturated heterocycles. The monoisotopic (exact) mass is 864 g/mol. The second-order valence-corrected chi connectivity index (χ2v) is 16.7. The lowest BCUT2D eigenvalue weighted by Gasteiger charge is -2.15. The first-order valence-electron chi connectivity index (χ1n) is 22.5. The van der Waals surface area contributed by atoms with E-state index < -0.39 is 34.9 Å². The van der Waals surface area contributed by atoms with E-state index in [1.807, 2.05) is 62.4 Å². The molecule has 0 aliphatic carbocycles. The van der Waals surface area contributed by atoms with Crippen molar-refractivity contribution in [3.05, 3.63) is 155 Å². The van der Waals surface area contributed by atoms with Gasteiger partial charge in [0.25, 0.3) is 0 Å². The molecule has 2 nitrogen and oxygen atoms in total. The first-order valence-corrected chi connectivity index (χ1v) is 22.5. The zero-order valence-electron chi connectivity index (χ0n) is 36.7. The number of benzene rings is 6. The van der Waals surface area contributed by atoms with E-state index in [1.54, 1.807) is 12.1 Å². The summed E-state index contributed by atoms with van der Waals surface area (Å²) in [5.74, 6) is -5.39. The molecule has 0 aliphatic rings. The van der Waals surface area contributed by atoms with Crippen LogP contribution >= 0.6 is 0 Å². The van der Waals surface area contributed by atoms with Gasteiger partial charge in [-0.05, 0) is 91.3 Å². The summed E-state index contributed by atoms with van der Waals surface area (Å²) in [7, 11) is 0. The molecule has 332 valence electrons. The molecule has 0 bridgehead atoms. The molecule has 8 heteroatoms. The zero-order chi connectivity index (χ0) is 44.7. The Labute approximate surface area is 369 Å². The highest BCUT2D eigenvalue weighted by Gasteiger charge is 2.20. The van der Waals surface area contributed by atoms with Gasteiger partial charge in [0.15, 0.2) is 23.1 Å². The highest BCUT2D eigenvalue weighted by molar-refractivity contribution is 5.73. The molecule has 6 rings (SSSR count). The van der Waals surface area contributed by atoms with Crippen molar-refractivity contribution in [3.63, 3.8) is 0 Å². The van der Waals surface area contributed by atoms with Gasteiger partial charge in [-0.1, -0.05) is 161 Å². The van der Waals surface area contributed by atoms with Crippen LogP contribution in [0.1, 0.15) is 102 Å². The number of rotatable bonds is 23. The normalized spacial score (nSPS) is 11.4. The van der Waals surface area contributed by atoms with Crippen molar-refractivity contribution < 1.29 is 35.8 Å². The maximum absolute atomic E-state index is 15.1. The molecule has 0 N–H and O–H groups in total. The van der Waals surface area contributed by atoms with Crippen LogP contribution in [0.25, 0.3) is 44.5 Å². The van der Waals surface area contributed by atoms with E-state index >= 15 is 17.6 Å². The molecule has 0 aliphatic heterocycles. The predicted molar refractivity (Wildman–Crippen MR) is 244 cm³/mol. The molecule has 0 atom stereocenters. The Hall–Kier alpha value is -5.50. The van der Waals surface area contributed by atoms with Crippen molar-refractivity contribution in [2.75, 3.05) is 13.2 Å². The summed E-state index contributed by atoms with van der Waals surface area (Å²) in [5.41, 5.74) is 4.88. The molecule has 6 aromatic carbocycles. The fourth-order valence-electron chi connectivity index (χ4n) is 8.07. The van der Waals surface area contributed by atoms with Crippen LogP contribution < -0.4 is 9.47 Å². The van der Waals surface area contributed by atoms with E-state index in [0.29, 0.717) is 17.0 Å². The second-order valence-electron chi connectivity index (χ2n) is 16.7. The highest BCUT2D eigenvalue weighted by atomic mass is 19.2. The highest BCUT2D eigenvalue weighted by Crippen LogP contribution is 2.35. The summed E-state index contributed by atoms with van der Waals surface area (Å²) in [4.78, 5) is 0. The summed E-state index contributed by atoms with van der Waals surface area (Å²) < 4.78 is 101. The van der Waals surface area contributed by atoms with Gasteiger partial charge < -0.3 is 9.47 Å². The number of hydrogen-bond acceptors (Lipinski definition) is 2. The van der Waals surface area contributed by atoms with Gasteiger partial charge in [0, 0.05) is 22.3 Å². The summed E-state index contributed by atoms with van der Waals surface area (Å²) in [5, 5.41) is 0. The Morgan fingerprint density at radius 2 is 0.730 bits per heavy atom. The molecular formula is C55H58F6O2. The van der Waals surface area contributed by atoms with E-state index in [1.165, 1.54) is 61.4 Å². The van der Waals surface area contributed by atoms with Crippen LogP contribution in [0.3, 0.4) is 0 Å².